The Balaban J connectivity index is 1.99. The molecule has 0 spiro atoms. The van der Waals surface area contributed by atoms with Gasteiger partial charge in [-0.1, -0.05) is 12.8 Å². The minimum absolute atomic E-state index is 0.109. The average molecular weight is 248 g/mol. The summed E-state index contributed by atoms with van der Waals surface area (Å²) in [5.41, 5.74) is 4.49. The third-order valence-corrected chi connectivity index (χ3v) is 3.47. The molecule has 98 valence electrons. The minimum atomic E-state index is -0.109. The number of carbonyl (C=O) groups is 1. The number of aryl methyl sites for hydroxylation is 1. The number of pyridine rings is 1. The summed E-state index contributed by atoms with van der Waals surface area (Å²) >= 11 is 0. The standard InChI is InChI=1S/C13H20N4O/c1-9-6-12(17-14)11(8-15-9)13(18)16-7-10-4-2-3-5-10/h6,8,10H,2-5,7,14H2,1H3,(H,15,17)(H,16,18). The van der Waals surface area contributed by atoms with Gasteiger partial charge in [0, 0.05) is 18.4 Å². The molecular weight excluding hydrogens is 228 g/mol. The SMILES string of the molecule is Cc1cc(NN)c(C(=O)NCC2CCCC2)cn1. The minimum Gasteiger partial charge on any atom is -0.352 e. The molecule has 1 fully saturated rings. The Kier molecular flexibility index (Phi) is 4.15. The van der Waals surface area contributed by atoms with Crippen LogP contribution < -0.4 is 16.6 Å². The normalized spacial score (nSPS) is 15.7. The van der Waals surface area contributed by atoms with Crippen LogP contribution in [0.25, 0.3) is 0 Å². The summed E-state index contributed by atoms with van der Waals surface area (Å²) in [4.78, 5) is 16.2. The van der Waals surface area contributed by atoms with Crippen molar-refractivity contribution in [3.05, 3.63) is 23.5 Å². The van der Waals surface area contributed by atoms with E-state index in [9.17, 15) is 4.79 Å². The molecule has 4 N–H and O–H groups in total. The van der Waals surface area contributed by atoms with Crippen LogP contribution in [0.1, 0.15) is 41.7 Å². The Hall–Kier alpha value is -1.62. The van der Waals surface area contributed by atoms with E-state index in [1.165, 1.54) is 25.7 Å². The van der Waals surface area contributed by atoms with Crippen molar-refractivity contribution in [2.45, 2.75) is 32.6 Å². The van der Waals surface area contributed by atoms with Crippen LogP contribution in [0.4, 0.5) is 5.69 Å². The van der Waals surface area contributed by atoms with E-state index in [4.69, 9.17) is 5.84 Å². The molecule has 1 amide bonds. The van der Waals surface area contributed by atoms with E-state index in [-0.39, 0.29) is 5.91 Å². The van der Waals surface area contributed by atoms with Gasteiger partial charge in [-0.2, -0.15) is 0 Å². The van der Waals surface area contributed by atoms with Crippen LogP contribution in [0, 0.1) is 12.8 Å². The number of aromatic nitrogens is 1. The number of nitrogen functional groups attached to an aromatic ring is 1. The lowest BCUT2D eigenvalue weighted by molar-refractivity contribution is 0.0948. The van der Waals surface area contributed by atoms with E-state index in [2.05, 4.69) is 15.7 Å². The van der Waals surface area contributed by atoms with Crippen molar-refractivity contribution in [1.29, 1.82) is 0 Å². The summed E-state index contributed by atoms with van der Waals surface area (Å²) < 4.78 is 0. The van der Waals surface area contributed by atoms with E-state index < -0.39 is 0 Å². The number of rotatable bonds is 4. The number of hydrazine groups is 1. The maximum Gasteiger partial charge on any atom is 0.255 e. The first-order chi connectivity index (χ1) is 8.70. The van der Waals surface area contributed by atoms with Crippen LogP contribution in [-0.4, -0.2) is 17.4 Å². The van der Waals surface area contributed by atoms with Crippen molar-refractivity contribution in [2.24, 2.45) is 11.8 Å². The number of anilines is 1. The first kappa shape index (κ1) is 12.8. The third kappa shape index (κ3) is 2.98. The Morgan fingerprint density at radius 2 is 2.22 bits per heavy atom. The Labute approximate surface area is 107 Å². The highest BCUT2D eigenvalue weighted by Gasteiger charge is 2.17. The molecule has 0 unspecified atom stereocenters. The van der Waals surface area contributed by atoms with Crippen molar-refractivity contribution < 1.29 is 4.79 Å². The number of nitrogens with one attached hydrogen (secondary N) is 2. The first-order valence-corrected chi connectivity index (χ1v) is 6.42. The van der Waals surface area contributed by atoms with E-state index in [0.717, 1.165) is 12.2 Å². The summed E-state index contributed by atoms with van der Waals surface area (Å²) in [5.74, 6) is 5.94. The highest BCUT2D eigenvalue weighted by atomic mass is 16.1. The van der Waals surface area contributed by atoms with Gasteiger partial charge in [0.25, 0.3) is 5.91 Å². The molecule has 0 saturated heterocycles. The Morgan fingerprint density at radius 1 is 1.50 bits per heavy atom. The average Bonchev–Trinajstić information content (AvgIpc) is 2.88. The lowest BCUT2D eigenvalue weighted by Crippen LogP contribution is -2.29. The molecule has 0 atom stereocenters. The van der Waals surface area contributed by atoms with Gasteiger partial charge < -0.3 is 10.7 Å². The van der Waals surface area contributed by atoms with Gasteiger partial charge in [0.2, 0.25) is 0 Å². The molecule has 1 aromatic rings. The summed E-state index contributed by atoms with van der Waals surface area (Å²) in [6.07, 6.45) is 6.56. The number of carbonyl (C=O) groups excluding carboxylic acids is 1. The Morgan fingerprint density at radius 3 is 2.89 bits per heavy atom. The smallest absolute Gasteiger partial charge is 0.255 e. The number of hydrogen-bond acceptors (Lipinski definition) is 4. The van der Waals surface area contributed by atoms with Gasteiger partial charge in [-0.05, 0) is 31.7 Å². The maximum atomic E-state index is 12.0. The molecule has 0 aromatic carbocycles. The molecule has 1 heterocycles. The van der Waals surface area contributed by atoms with Gasteiger partial charge in [-0.25, -0.2) is 0 Å². The fourth-order valence-electron chi connectivity index (χ4n) is 2.41. The zero-order valence-corrected chi connectivity index (χ0v) is 10.7. The second-order valence-electron chi connectivity index (χ2n) is 4.88. The second kappa shape index (κ2) is 5.82. The predicted molar refractivity (Wildman–Crippen MR) is 71.1 cm³/mol. The fourth-order valence-corrected chi connectivity index (χ4v) is 2.41. The van der Waals surface area contributed by atoms with Gasteiger partial charge >= 0.3 is 0 Å². The van der Waals surface area contributed by atoms with Crippen molar-refractivity contribution >= 4 is 11.6 Å². The van der Waals surface area contributed by atoms with Crippen molar-refractivity contribution in [3.63, 3.8) is 0 Å². The molecule has 5 nitrogen and oxygen atoms in total. The van der Waals surface area contributed by atoms with Gasteiger partial charge in [-0.15, -0.1) is 0 Å². The fraction of sp³-hybridized carbons (Fsp3) is 0.538. The van der Waals surface area contributed by atoms with Crippen LogP contribution >= 0.6 is 0 Å². The zero-order chi connectivity index (χ0) is 13.0. The van der Waals surface area contributed by atoms with E-state index in [1.807, 2.05) is 6.92 Å². The van der Waals surface area contributed by atoms with Crippen LogP contribution in [0.2, 0.25) is 0 Å². The third-order valence-electron chi connectivity index (χ3n) is 3.47. The molecule has 5 heteroatoms. The van der Waals surface area contributed by atoms with E-state index >= 15 is 0 Å². The number of hydrogen-bond donors (Lipinski definition) is 3. The molecule has 0 aliphatic heterocycles. The van der Waals surface area contributed by atoms with Gasteiger partial charge in [0.05, 0.1) is 11.3 Å². The molecule has 0 radical (unpaired) electrons. The summed E-state index contributed by atoms with van der Waals surface area (Å²) in [6.45, 7) is 2.61. The van der Waals surface area contributed by atoms with Crippen molar-refractivity contribution in [3.8, 4) is 0 Å². The summed E-state index contributed by atoms with van der Waals surface area (Å²) in [7, 11) is 0. The quantitative estimate of drug-likeness (QED) is 0.558. The van der Waals surface area contributed by atoms with Gasteiger partial charge in [0.15, 0.2) is 0 Å². The largest absolute Gasteiger partial charge is 0.352 e. The van der Waals surface area contributed by atoms with Crippen LogP contribution in [0.5, 0.6) is 0 Å². The molecule has 1 aliphatic rings. The molecule has 1 saturated carbocycles. The highest BCUT2D eigenvalue weighted by molar-refractivity contribution is 5.99. The lowest BCUT2D eigenvalue weighted by Gasteiger charge is -2.12. The van der Waals surface area contributed by atoms with Crippen molar-refractivity contribution in [1.82, 2.24) is 10.3 Å². The van der Waals surface area contributed by atoms with E-state index in [1.54, 1.807) is 12.3 Å². The van der Waals surface area contributed by atoms with Crippen LogP contribution in [-0.2, 0) is 0 Å². The second-order valence-corrected chi connectivity index (χ2v) is 4.88. The number of nitrogens with two attached hydrogens (primary N) is 1. The van der Waals surface area contributed by atoms with Crippen LogP contribution in [0.3, 0.4) is 0 Å². The van der Waals surface area contributed by atoms with Crippen LogP contribution in [0.15, 0.2) is 12.3 Å². The van der Waals surface area contributed by atoms with Gasteiger partial charge in [0.1, 0.15) is 0 Å². The molecular formula is C13H20N4O. The molecule has 1 aliphatic carbocycles. The lowest BCUT2D eigenvalue weighted by atomic mass is 10.1. The summed E-state index contributed by atoms with van der Waals surface area (Å²) in [6, 6.07) is 1.77. The number of amides is 1. The molecule has 2 rings (SSSR count). The Bertz CT molecular complexity index is 427. The molecule has 0 bridgehead atoms. The highest BCUT2D eigenvalue weighted by Crippen LogP contribution is 2.24. The maximum absolute atomic E-state index is 12.0. The molecule has 1 aromatic heterocycles. The zero-order valence-electron chi connectivity index (χ0n) is 10.7. The first-order valence-electron chi connectivity index (χ1n) is 6.42. The van der Waals surface area contributed by atoms with Gasteiger partial charge in [-0.3, -0.25) is 15.6 Å². The topological polar surface area (TPSA) is 80.0 Å². The predicted octanol–water partition coefficient (Wildman–Crippen LogP) is 1.60. The van der Waals surface area contributed by atoms with E-state index in [0.29, 0.717) is 17.2 Å². The van der Waals surface area contributed by atoms with Crippen molar-refractivity contribution in [2.75, 3.05) is 12.0 Å². The molecule has 18 heavy (non-hydrogen) atoms. The monoisotopic (exact) mass is 248 g/mol. The summed E-state index contributed by atoms with van der Waals surface area (Å²) in [5, 5.41) is 2.96. The number of nitrogens with zero attached hydrogens (tertiary/aromatic N) is 1.